The molecular formula is C64H100O29. The number of carboxylic acids is 1. The van der Waals surface area contributed by atoms with E-state index in [1.54, 1.807) is 26.8 Å². The standard InChI is InChI=1S/C64H100O29/c1-13-25(3)52(80)92-49-50(87-35(68)14-2)64-32(21-58(49,6)7)63(93-57(64)81)20-16-31-60(10)18-17-33(59(8,9)30(60)15-19-61(31,11)62(63,12)22-34(64)83-27(5)67)86-56-48(91-54-43(76)40(73)37(70)28(23-65)84-54)45(44(77)46(89-56)51(78)79)88-55-47(41(74)38(71)29(24-66)85-55)90-53-42(75)39(72)36(69)26(4)82-53/h13,26,28-34,36-50,53-57,65-66,69-77,81H,14-24H2,1-12H3,(H,78,79)/b25-13-/t26-,28+,29+,30-,31+,32-,33-,34+,36-,37-,38-,39+,40-,41-,42+,43+,44-,45-,46-,47+,48+,49-,50-,53-,54-,55-,56+,57-,60-,61+,62-,63-,64+/m0/s1. The molecule has 33 atom stereocenters. The van der Waals surface area contributed by atoms with Crippen LogP contribution in [0.15, 0.2) is 11.6 Å². The number of carbonyl (C=O) groups is 4. The molecule has 29 heteroatoms. The minimum absolute atomic E-state index is 0.0428. The molecule has 13 N–H and O–H groups in total. The summed E-state index contributed by atoms with van der Waals surface area (Å²) in [5, 5.41) is 145. The summed E-state index contributed by atoms with van der Waals surface area (Å²) >= 11 is 0. The molecule has 0 radical (unpaired) electrons. The van der Waals surface area contributed by atoms with Gasteiger partial charge in [-0.15, -0.1) is 0 Å². The van der Waals surface area contributed by atoms with Gasteiger partial charge < -0.3 is 123 Å². The molecule has 0 aromatic carbocycles. The van der Waals surface area contributed by atoms with Crippen molar-refractivity contribution in [2.45, 2.75) is 300 Å². The molecule has 5 aliphatic heterocycles. The quantitative estimate of drug-likeness (QED) is 0.0385. The smallest absolute Gasteiger partial charge is 0.335 e. The van der Waals surface area contributed by atoms with Gasteiger partial charge in [-0.1, -0.05) is 61.5 Å². The van der Waals surface area contributed by atoms with Crippen LogP contribution in [0.3, 0.4) is 0 Å². The Morgan fingerprint density at radius 3 is 1.73 bits per heavy atom. The van der Waals surface area contributed by atoms with Crippen LogP contribution in [-0.2, 0) is 76.0 Å². The maximum Gasteiger partial charge on any atom is 0.335 e. The van der Waals surface area contributed by atoms with Gasteiger partial charge in [0.25, 0.3) is 0 Å². The van der Waals surface area contributed by atoms with E-state index in [1.807, 2.05) is 27.7 Å². The van der Waals surface area contributed by atoms with Crippen LogP contribution in [-0.4, -0.2) is 263 Å². The van der Waals surface area contributed by atoms with E-state index < -0.39 is 235 Å². The van der Waals surface area contributed by atoms with Crippen LogP contribution in [0, 0.1) is 50.2 Å². The van der Waals surface area contributed by atoms with Crippen LogP contribution >= 0.6 is 0 Å². The zero-order valence-corrected chi connectivity index (χ0v) is 54.9. The maximum atomic E-state index is 13.8. The van der Waals surface area contributed by atoms with Crippen LogP contribution in [0.4, 0.5) is 0 Å². The Kier molecular flexibility index (Phi) is 20.4. The van der Waals surface area contributed by atoms with E-state index in [4.69, 9.17) is 56.8 Å². The predicted octanol–water partition coefficient (Wildman–Crippen LogP) is -0.922. The minimum atomic E-state index is -2.31. The first-order valence-corrected chi connectivity index (χ1v) is 32.8. The Hall–Kier alpha value is -3.22. The Morgan fingerprint density at radius 2 is 1.13 bits per heavy atom. The third-order valence-electron chi connectivity index (χ3n) is 24.6. The van der Waals surface area contributed by atoms with Crippen molar-refractivity contribution in [3.63, 3.8) is 0 Å². The number of hydrogen-bond donors (Lipinski definition) is 13. The molecule has 29 nitrogen and oxygen atoms in total. The molecule has 5 aliphatic carbocycles. The normalized spacial score (nSPS) is 51.6. The lowest BCUT2D eigenvalue weighted by Gasteiger charge is -2.75. The molecule has 0 amide bonds. The van der Waals surface area contributed by atoms with E-state index in [2.05, 4.69) is 20.8 Å². The summed E-state index contributed by atoms with van der Waals surface area (Å²) in [6, 6.07) is 0. The van der Waals surface area contributed by atoms with Crippen molar-refractivity contribution in [3.8, 4) is 0 Å². The summed E-state index contributed by atoms with van der Waals surface area (Å²) < 4.78 is 75.8. The molecule has 530 valence electrons. The lowest BCUT2D eigenvalue weighted by atomic mass is 9.30. The largest absolute Gasteiger partial charge is 0.479 e. The van der Waals surface area contributed by atoms with Gasteiger partial charge in [-0.25, -0.2) is 9.59 Å². The van der Waals surface area contributed by atoms with E-state index in [1.165, 1.54) is 13.8 Å². The second-order valence-electron chi connectivity index (χ2n) is 30.0. The van der Waals surface area contributed by atoms with Crippen molar-refractivity contribution < 1.29 is 142 Å². The Morgan fingerprint density at radius 1 is 0.559 bits per heavy atom. The molecule has 5 saturated carbocycles. The highest BCUT2D eigenvalue weighted by atomic mass is 16.8. The zero-order valence-electron chi connectivity index (χ0n) is 54.9. The fraction of sp³-hybridized carbons (Fsp3) is 0.906. The number of aliphatic hydroxyl groups excluding tert-OH is 12. The number of rotatable bonds is 16. The summed E-state index contributed by atoms with van der Waals surface area (Å²) in [5.74, 6) is -4.51. The van der Waals surface area contributed by atoms with Gasteiger partial charge in [-0.05, 0) is 100 Å². The highest BCUT2D eigenvalue weighted by Gasteiger charge is 2.86. The number of carboxylic acid groups (broad SMARTS) is 1. The summed E-state index contributed by atoms with van der Waals surface area (Å²) in [6.45, 7) is 20.3. The molecule has 0 unspecified atom stereocenters. The average Bonchev–Trinajstić information content (AvgIpc) is 1.50. The number of ether oxygens (including phenoxy) is 12. The van der Waals surface area contributed by atoms with Gasteiger partial charge in [0.2, 0.25) is 0 Å². The average molecular weight is 1330 g/mol. The second-order valence-corrected chi connectivity index (χ2v) is 30.0. The first-order chi connectivity index (χ1) is 43.4. The monoisotopic (exact) mass is 1330 g/mol. The molecule has 5 saturated heterocycles. The van der Waals surface area contributed by atoms with Gasteiger partial charge in [0.1, 0.15) is 103 Å². The van der Waals surface area contributed by atoms with Crippen molar-refractivity contribution in [2.75, 3.05) is 13.2 Å². The topological polar surface area (TPSA) is 442 Å². The number of aliphatic carboxylic acids is 1. The summed E-state index contributed by atoms with van der Waals surface area (Å²) in [5.41, 5.74) is -6.14. The van der Waals surface area contributed by atoms with Gasteiger partial charge in [0.15, 0.2) is 43.7 Å². The Balaban J connectivity index is 0.991. The lowest BCUT2D eigenvalue weighted by molar-refractivity contribution is -0.406. The van der Waals surface area contributed by atoms with Gasteiger partial charge in [-0.3, -0.25) is 9.59 Å². The molecule has 2 bridgehead atoms. The number of hydrogen-bond acceptors (Lipinski definition) is 28. The Labute approximate surface area is 539 Å². The SMILES string of the molecule is C/C=C(/C)C(=O)O[C@H]1[C@H](OC(=O)CC)[C@@]23[C@@H](CC1(C)C)[C@]1(CC[C@@H]4[C@@]5(C)CC[C@H](O[C@@H]6O[C@H](C(=O)O)[C@@H](O)[C@H](O[C@@H]7O[C@H](CO)[C@H](O)[C@H](O)[C@H]7O[C@@H]7O[C@@H](C)[C@H](O)[C@@H](O)[C@H]7O)[C@H]6O[C@@H]6O[C@H](CO)[C@H](O)[C@H](O)[C@H]6O)C(C)(C)[C@@H]5CC[C@@]4(C)[C@]1(C)C[C@H]2OC(C)=O)O[C@@H]3O. The van der Waals surface area contributed by atoms with Crippen molar-refractivity contribution in [1.29, 1.82) is 0 Å². The summed E-state index contributed by atoms with van der Waals surface area (Å²) in [4.78, 5) is 54.4. The van der Waals surface area contributed by atoms with E-state index in [0.29, 0.717) is 44.1 Å². The van der Waals surface area contributed by atoms with Crippen molar-refractivity contribution in [2.24, 2.45) is 50.2 Å². The fourth-order valence-corrected chi connectivity index (χ4v) is 19.4. The number of aliphatic hydroxyl groups is 12. The molecule has 93 heavy (non-hydrogen) atoms. The Bertz CT molecular complexity index is 2770. The third kappa shape index (κ3) is 11.4. The third-order valence-corrected chi connectivity index (χ3v) is 24.6. The van der Waals surface area contributed by atoms with Gasteiger partial charge >= 0.3 is 23.9 Å². The predicted molar refractivity (Wildman–Crippen MR) is 312 cm³/mol. The molecule has 10 aliphatic rings. The minimum Gasteiger partial charge on any atom is -0.479 e. The van der Waals surface area contributed by atoms with Crippen molar-refractivity contribution >= 4 is 23.9 Å². The second kappa shape index (κ2) is 26.1. The van der Waals surface area contributed by atoms with Crippen molar-refractivity contribution in [1.82, 2.24) is 0 Å². The molecule has 10 rings (SSSR count). The van der Waals surface area contributed by atoms with E-state index in [0.717, 1.165) is 0 Å². The number of carbonyl (C=O) groups excluding carboxylic acids is 3. The lowest BCUT2D eigenvalue weighted by Crippen LogP contribution is -2.77. The number of fused-ring (bicyclic) bond motifs is 4. The van der Waals surface area contributed by atoms with Crippen LogP contribution in [0.5, 0.6) is 0 Å². The first kappa shape index (κ1) is 72.5. The van der Waals surface area contributed by atoms with E-state index in [9.17, 15) is 85.6 Å². The van der Waals surface area contributed by atoms with Crippen LogP contribution in [0.25, 0.3) is 0 Å². The number of esters is 3. The van der Waals surface area contributed by atoms with Crippen molar-refractivity contribution in [3.05, 3.63) is 11.6 Å². The van der Waals surface area contributed by atoms with Crippen LogP contribution < -0.4 is 0 Å². The van der Waals surface area contributed by atoms with Gasteiger partial charge in [0, 0.05) is 35.7 Å². The molecular weight excluding hydrogens is 1230 g/mol. The maximum absolute atomic E-state index is 13.8. The molecule has 1 spiro atoms. The first-order valence-electron chi connectivity index (χ1n) is 32.8. The van der Waals surface area contributed by atoms with Gasteiger partial charge in [-0.2, -0.15) is 0 Å². The van der Waals surface area contributed by atoms with Crippen LogP contribution in [0.2, 0.25) is 0 Å². The number of allylic oxidation sites excluding steroid dienone is 1. The van der Waals surface area contributed by atoms with E-state index >= 15 is 0 Å². The van der Waals surface area contributed by atoms with E-state index in [-0.39, 0.29) is 31.1 Å². The molecule has 5 heterocycles. The molecule has 0 aromatic rings. The summed E-state index contributed by atoms with van der Waals surface area (Å²) in [6.07, 6.45) is -39.5. The highest BCUT2D eigenvalue weighted by molar-refractivity contribution is 5.88. The fourth-order valence-electron chi connectivity index (χ4n) is 19.4. The molecule has 10 fully saturated rings. The zero-order chi connectivity index (χ0) is 68.5. The molecule has 0 aromatic heterocycles. The van der Waals surface area contributed by atoms with Crippen LogP contribution in [0.1, 0.15) is 141 Å². The highest BCUT2D eigenvalue weighted by Crippen LogP contribution is 2.82. The van der Waals surface area contributed by atoms with Gasteiger partial charge in [0.05, 0.1) is 31.0 Å². The summed E-state index contributed by atoms with van der Waals surface area (Å²) in [7, 11) is 0.